The van der Waals surface area contributed by atoms with Crippen LogP contribution >= 0.6 is 0 Å². The van der Waals surface area contributed by atoms with Gasteiger partial charge in [-0.1, -0.05) is 12.7 Å². The lowest BCUT2D eigenvalue weighted by Gasteiger charge is -1.92. The van der Waals surface area contributed by atoms with Crippen molar-refractivity contribution in [2.45, 2.75) is 6.92 Å². The van der Waals surface area contributed by atoms with Crippen molar-refractivity contribution in [2.24, 2.45) is 5.84 Å². The van der Waals surface area contributed by atoms with E-state index in [0.717, 1.165) is 5.70 Å². The summed E-state index contributed by atoms with van der Waals surface area (Å²) in [5.74, 6) is 4.99. The molecule has 0 aromatic rings. The minimum Gasteiger partial charge on any atom is -0.329 e. The van der Waals surface area contributed by atoms with Gasteiger partial charge in [0.2, 0.25) is 0 Å². The highest BCUT2D eigenvalue weighted by atomic mass is 15.2. The Bertz CT molecular complexity index is 84.1. The highest BCUT2D eigenvalue weighted by Crippen LogP contribution is 1.79. The molecule has 0 saturated carbocycles. The molecule has 0 rings (SSSR count). The molecular weight excluding hydrogens is 88.1 g/mol. The molecule has 0 heterocycles. The van der Waals surface area contributed by atoms with Crippen molar-refractivity contribution in [3.05, 3.63) is 24.4 Å². The smallest absolute Gasteiger partial charge is 0.0228 e. The predicted octanol–water partition coefficient (Wildman–Crippen LogP) is 0.540. The summed E-state index contributed by atoms with van der Waals surface area (Å²) < 4.78 is 0. The first kappa shape index (κ1) is 6.24. The molecule has 0 aliphatic heterocycles. The fourth-order valence-corrected chi connectivity index (χ4v) is 0.225. The van der Waals surface area contributed by atoms with Gasteiger partial charge in [0.25, 0.3) is 0 Å². The first-order chi connectivity index (χ1) is 3.31. The Morgan fingerprint density at radius 3 is 2.57 bits per heavy atom. The highest BCUT2D eigenvalue weighted by molar-refractivity contribution is 5.04. The maximum atomic E-state index is 4.99. The molecule has 0 unspecified atom stereocenters. The van der Waals surface area contributed by atoms with E-state index < -0.39 is 0 Å². The van der Waals surface area contributed by atoms with Gasteiger partial charge in [-0.3, -0.25) is 5.84 Å². The van der Waals surface area contributed by atoms with Gasteiger partial charge < -0.3 is 5.43 Å². The van der Waals surface area contributed by atoms with Crippen molar-refractivity contribution >= 4 is 0 Å². The van der Waals surface area contributed by atoms with E-state index in [1.54, 1.807) is 12.2 Å². The Morgan fingerprint density at radius 1 is 1.86 bits per heavy atom. The van der Waals surface area contributed by atoms with Crippen LogP contribution in [-0.4, -0.2) is 0 Å². The summed E-state index contributed by atoms with van der Waals surface area (Å²) in [4.78, 5) is 0. The molecule has 2 nitrogen and oxygen atoms in total. The Labute approximate surface area is 43.7 Å². The van der Waals surface area contributed by atoms with E-state index in [4.69, 9.17) is 5.84 Å². The van der Waals surface area contributed by atoms with E-state index in [9.17, 15) is 0 Å². The molecule has 0 spiro atoms. The molecule has 0 radical (unpaired) electrons. The molecule has 0 bridgehead atoms. The van der Waals surface area contributed by atoms with E-state index in [1.165, 1.54) is 0 Å². The average molecular weight is 98.1 g/mol. The number of nitrogens with two attached hydrogens (primary N) is 1. The van der Waals surface area contributed by atoms with Crippen molar-refractivity contribution in [2.75, 3.05) is 0 Å². The third-order valence-corrected chi connectivity index (χ3v) is 0.596. The molecule has 0 amide bonds. The van der Waals surface area contributed by atoms with E-state index in [-0.39, 0.29) is 0 Å². The second-order valence-corrected chi connectivity index (χ2v) is 1.23. The molecule has 3 N–H and O–H groups in total. The van der Waals surface area contributed by atoms with Crippen LogP contribution in [0.4, 0.5) is 0 Å². The molecule has 0 aliphatic carbocycles. The minimum atomic E-state index is 0.912. The zero-order chi connectivity index (χ0) is 5.70. The average Bonchev–Trinajstić information content (AvgIpc) is 1.68. The fourth-order valence-electron chi connectivity index (χ4n) is 0.225. The Morgan fingerprint density at radius 2 is 2.43 bits per heavy atom. The van der Waals surface area contributed by atoms with Crippen molar-refractivity contribution in [3.8, 4) is 0 Å². The normalized spacial score (nSPS) is 10.9. The minimum absolute atomic E-state index is 0.912. The van der Waals surface area contributed by atoms with E-state index in [2.05, 4.69) is 12.0 Å². The van der Waals surface area contributed by atoms with Crippen LogP contribution in [0.25, 0.3) is 0 Å². The molecular formula is C5H10N2. The lowest BCUT2D eigenvalue weighted by Crippen LogP contribution is -2.18. The van der Waals surface area contributed by atoms with Crippen molar-refractivity contribution in [1.29, 1.82) is 0 Å². The number of hydrazine groups is 1. The van der Waals surface area contributed by atoms with Crippen LogP contribution in [0.15, 0.2) is 24.4 Å². The van der Waals surface area contributed by atoms with Crippen LogP contribution in [0.5, 0.6) is 0 Å². The molecule has 0 aliphatic rings. The summed E-state index contributed by atoms with van der Waals surface area (Å²) in [6.45, 7) is 5.34. The molecule has 0 atom stereocenters. The predicted molar refractivity (Wildman–Crippen MR) is 31.3 cm³/mol. The number of hydrogen-bond donors (Lipinski definition) is 2. The summed E-state index contributed by atoms with van der Waals surface area (Å²) in [5, 5.41) is 0. The Balaban J connectivity index is 3.49. The molecule has 0 aromatic heterocycles. The van der Waals surface area contributed by atoms with Crippen LogP contribution < -0.4 is 11.3 Å². The van der Waals surface area contributed by atoms with Gasteiger partial charge >= 0.3 is 0 Å². The zero-order valence-electron chi connectivity index (χ0n) is 4.44. The Kier molecular flexibility index (Phi) is 3.06. The van der Waals surface area contributed by atoms with Crippen LogP contribution in [0.2, 0.25) is 0 Å². The van der Waals surface area contributed by atoms with Crippen LogP contribution in [-0.2, 0) is 0 Å². The first-order valence-electron chi connectivity index (χ1n) is 2.07. The summed E-state index contributed by atoms with van der Waals surface area (Å²) in [7, 11) is 0. The molecule has 0 fully saturated rings. The van der Waals surface area contributed by atoms with Gasteiger partial charge in [-0.25, -0.2) is 0 Å². The van der Waals surface area contributed by atoms with Gasteiger partial charge in [0.05, 0.1) is 0 Å². The van der Waals surface area contributed by atoms with Crippen molar-refractivity contribution < 1.29 is 0 Å². The number of rotatable bonds is 2. The van der Waals surface area contributed by atoms with E-state index >= 15 is 0 Å². The number of hydrogen-bond acceptors (Lipinski definition) is 2. The Hall–Kier alpha value is -0.760. The zero-order valence-corrected chi connectivity index (χ0v) is 4.44. The van der Waals surface area contributed by atoms with E-state index in [1.807, 2.05) is 6.92 Å². The number of allylic oxidation sites excluding steroid dienone is 3. The first-order valence-corrected chi connectivity index (χ1v) is 2.07. The van der Waals surface area contributed by atoms with E-state index in [0.29, 0.717) is 0 Å². The van der Waals surface area contributed by atoms with Crippen molar-refractivity contribution in [3.63, 3.8) is 0 Å². The lowest BCUT2D eigenvalue weighted by molar-refractivity contribution is 0.886. The molecule has 40 valence electrons. The quantitative estimate of drug-likeness (QED) is 0.300. The van der Waals surface area contributed by atoms with Gasteiger partial charge in [0.15, 0.2) is 0 Å². The molecule has 2 heteroatoms. The maximum absolute atomic E-state index is 4.99. The fraction of sp³-hybridized carbons (Fsp3) is 0.200. The van der Waals surface area contributed by atoms with Gasteiger partial charge in [0.1, 0.15) is 0 Å². The summed E-state index contributed by atoms with van der Waals surface area (Å²) >= 11 is 0. The monoisotopic (exact) mass is 98.1 g/mol. The topological polar surface area (TPSA) is 38.0 Å². The SMILES string of the molecule is C=C/C=C(/C)NN. The summed E-state index contributed by atoms with van der Waals surface area (Å²) in [6.07, 6.45) is 3.47. The lowest BCUT2D eigenvalue weighted by atomic mass is 10.4. The third kappa shape index (κ3) is 3.06. The van der Waals surface area contributed by atoms with Crippen LogP contribution in [0.3, 0.4) is 0 Å². The summed E-state index contributed by atoms with van der Waals surface area (Å²) in [5.41, 5.74) is 3.37. The van der Waals surface area contributed by atoms with Gasteiger partial charge in [-0.05, 0) is 13.0 Å². The van der Waals surface area contributed by atoms with Crippen LogP contribution in [0.1, 0.15) is 6.92 Å². The largest absolute Gasteiger partial charge is 0.329 e. The van der Waals surface area contributed by atoms with Gasteiger partial charge in [0, 0.05) is 5.70 Å². The second kappa shape index (κ2) is 3.43. The van der Waals surface area contributed by atoms with Crippen LogP contribution in [0, 0.1) is 0 Å². The highest BCUT2D eigenvalue weighted by Gasteiger charge is 1.71. The van der Waals surface area contributed by atoms with Gasteiger partial charge in [-0.2, -0.15) is 0 Å². The standard InChI is InChI=1S/C5H10N2/c1-3-4-5(2)7-6/h3-4,7H,1,6H2,2H3/b5-4-. The maximum Gasteiger partial charge on any atom is 0.0228 e. The molecule has 7 heavy (non-hydrogen) atoms. The molecule has 0 saturated heterocycles. The van der Waals surface area contributed by atoms with Crippen molar-refractivity contribution in [1.82, 2.24) is 5.43 Å². The third-order valence-electron chi connectivity index (χ3n) is 0.596. The molecule has 0 aromatic carbocycles. The number of nitrogens with one attached hydrogen (secondary N) is 1. The second-order valence-electron chi connectivity index (χ2n) is 1.23. The summed E-state index contributed by atoms with van der Waals surface area (Å²) in [6, 6.07) is 0. The van der Waals surface area contributed by atoms with Gasteiger partial charge in [-0.15, -0.1) is 0 Å².